The van der Waals surface area contributed by atoms with Crippen LogP contribution >= 0.6 is 0 Å². The molecule has 1 aromatic carbocycles. The second-order valence-electron chi connectivity index (χ2n) is 5.93. The summed E-state index contributed by atoms with van der Waals surface area (Å²) in [4.78, 5) is 34.4. The van der Waals surface area contributed by atoms with Gasteiger partial charge in [0, 0.05) is 30.1 Å². The molecule has 3 N–H and O–H groups in total. The van der Waals surface area contributed by atoms with Gasteiger partial charge in [0.1, 0.15) is 0 Å². The lowest BCUT2D eigenvalue weighted by Crippen LogP contribution is -2.25. The van der Waals surface area contributed by atoms with Crippen LogP contribution in [0.4, 0.5) is 5.69 Å². The van der Waals surface area contributed by atoms with Crippen molar-refractivity contribution < 1.29 is 19.5 Å². The molecule has 1 aromatic rings. The number of nitrogens with one attached hydrogen (secondary N) is 2. The van der Waals surface area contributed by atoms with Gasteiger partial charge in [0.15, 0.2) is 0 Å². The van der Waals surface area contributed by atoms with Gasteiger partial charge in [-0.25, -0.2) is 0 Å². The summed E-state index contributed by atoms with van der Waals surface area (Å²) in [6.45, 7) is 1.86. The van der Waals surface area contributed by atoms with Crippen molar-refractivity contribution in [3.8, 4) is 0 Å². The number of anilines is 1. The smallest absolute Gasteiger partial charge is 0.303 e. The number of carboxylic acids is 1. The summed E-state index contributed by atoms with van der Waals surface area (Å²) in [6, 6.07) is 5.52. The van der Waals surface area contributed by atoms with Crippen LogP contribution in [0.1, 0.15) is 54.4 Å². The third kappa shape index (κ3) is 5.73. The highest BCUT2D eigenvalue weighted by molar-refractivity contribution is 5.98. The molecule has 6 nitrogen and oxygen atoms in total. The van der Waals surface area contributed by atoms with Crippen LogP contribution in [-0.2, 0) is 9.59 Å². The van der Waals surface area contributed by atoms with Crippen molar-refractivity contribution >= 4 is 23.5 Å². The van der Waals surface area contributed by atoms with E-state index in [-0.39, 0.29) is 30.7 Å². The molecule has 0 saturated heterocycles. The van der Waals surface area contributed by atoms with Gasteiger partial charge in [0.25, 0.3) is 5.91 Å². The van der Waals surface area contributed by atoms with Crippen molar-refractivity contribution in [1.29, 1.82) is 0 Å². The summed E-state index contributed by atoms with van der Waals surface area (Å²) in [5.74, 6) is -1.14. The molecule has 0 radical (unpaired) electrons. The minimum atomic E-state index is -0.851. The number of amides is 2. The van der Waals surface area contributed by atoms with E-state index >= 15 is 0 Å². The van der Waals surface area contributed by atoms with Crippen LogP contribution in [0, 0.1) is 6.92 Å². The topological polar surface area (TPSA) is 95.5 Å². The Kier molecular flexibility index (Phi) is 5.73. The average molecular weight is 318 g/mol. The van der Waals surface area contributed by atoms with Gasteiger partial charge in [-0.15, -0.1) is 0 Å². The molecule has 0 aliphatic heterocycles. The molecule has 1 aliphatic rings. The summed E-state index contributed by atoms with van der Waals surface area (Å²) in [7, 11) is 0. The fraction of sp³-hybridized carbons (Fsp3) is 0.471. The molecule has 0 atom stereocenters. The summed E-state index contributed by atoms with van der Waals surface area (Å²) in [5, 5.41) is 14.3. The van der Waals surface area contributed by atoms with Gasteiger partial charge in [-0.3, -0.25) is 14.4 Å². The quantitative estimate of drug-likeness (QED) is 0.642. The number of rotatable bonds is 8. The molecule has 0 spiro atoms. The second-order valence-corrected chi connectivity index (χ2v) is 5.93. The lowest BCUT2D eigenvalue weighted by molar-refractivity contribution is -0.137. The maximum Gasteiger partial charge on any atom is 0.303 e. The number of carboxylic acid groups (broad SMARTS) is 1. The molecule has 124 valence electrons. The Bertz CT molecular complexity index is 609. The summed E-state index contributed by atoms with van der Waals surface area (Å²) < 4.78 is 0. The van der Waals surface area contributed by atoms with Crippen LogP contribution in [0.5, 0.6) is 0 Å². The van der Waals surface area contributed by atoms with E-state index in [4.69, 9.17) is 5.11 Å². The maximum atomic E-state index is 12.0. The summed E-state index contributed by atoms with van der Waals surface area (Å²) in [5.41, 5.74) is 2.03. The Balaban J connectivity index is 1.88. The largest absolute Gasteiger partial charge is 0.481 e. The first-order valence-corrected chi connectivity index (χ1v) is 7.89. The van der Waals surface area contributed by atoms with Crippen LogP contribution in [0.15, 0.2) is 18.2 Å². The summed E-state index contributed by atoms with van der Waals surface area (Å²) in [6.07, 6.45) is 3.40. The zero-order valence-corrected chi connectivity index (χ0v) is 13.2. The Morgan fingerprint density at radius 1 is 1.17 bits per heavy atom. The van der Waals surface area contributed by atoms with E-state index in [2.05, 4.69) is 10.6 Å². The molecular formula is C17H22N2O4. The third-order valence-corrected chi connectivity index (χ3v) is 3.73. The first-order chi connectivity index (χ1) is 11.0. The van der Waals surface area contributed by atoms with Crippen LogP contribution in [0.2, 0.25) is 0 Å². The minimum Gasteiger partial charge on any atom is -0.481 e. The monoisotopic (exact) mass is 318 g/mol. The van der Waals surface area contributed by atoms with E-state index in [0.29, 0.717) is 24.1 Å². The third-order valence-electron chi connectivity index (χ3n) is 3.73. The summed E-state index contributed by atoms with van der Waals surface area (Å²) >= 11 is 0. The van der Waals surface area contributed by atoms with Gasteiger partial charge >= 0.3 is 5.97 Å². The highest BCUT2D eigenvalue weighted by atomic mass is 16.4. The first-order valence-electron chi connectivity index (χ1n) is 7.89. The highest BCUT2D eigenvalue weighted by Crippen LogP contribution is 2.21. The molecule has 1 aliphatic carbocycles. The SMILES string of the molecule is Cc1ccc(C(=O)NC2CC2)cc1NC(=O)CCCCC(=O)O. The lowest BCUT2D eigenvalue weighted by Gasteiger charge is -2.11. The minimum absolute atomic E-state index is 0.0726. The van der Waals surface area contributed by atoms with Crippen molar-refractivity contribution in [2.75, 3.05) is 5.32 Å². The molecule has 1 fully saturated rings. The average Bonchev–Trinajstić information content (AvgIpc) is 3.29. The van der Waals surface area contributed by atoms with Gasteiger partial charge in [-0.2, -0.15) is 0 Å². The Labute approximate surface area is 135 Å². The molecule has 0 unspecified atom stereocenters. The second kappa shape index (κ2) is 7.76. The number of hydrogen-bond acceptors (Lipinski definition) is 3. The maximum absolute atomic E-state index is 12.0. The van der Waals surface area contributed by atoms with Crippen molar-refractivity contribution in [1.82, 2.24) is 5.32 Å². The van der Waals surface area contributed by atoms with Crippen molar-refractivity contribution in [3.63, 3.8) is 0 Å². The van der Waals surface area contributed by atoms with E-state index < -0.39 is 5.97 Å². The van der Waals surface area contributed by atoms with Gasteiger partial charge in [-0.05, 0) is 50.3 Å². The number of unbranched alkanes of at least 4 members (excludes halogenated alkanes) is 1. The van der Waals surface area contributed by atoms with Crippen molar-refractivity contribution in [2.24, 2.45) is 0 Å². The molecule has 0 heterocycles. The van der Waals surface area contributed by atoms with Crippen molar-refractivity contribution in [3.05, 3.63) is 29.3 Å². The molecule has 0 bridgehead atoms. The Hall–Kier alpha value is -2.37. The zero-order valence-electron chi connectivity index (χ0n) is 13.2. The lowest BCUT2D eigenvalue weighted by atomic mass is 10.1. The van der Waals surface area contributed by atoms with Crippen LogP contribution in [-0.4, -0.2) is 28.9 Å². The number of hydrogen-bond donors (Lipinski definition) is 3. The molecular weight excluding hydrogens is 296 g/mol. The molecule has 1 saturated carbocycles. The van der Waals surface area contributed by atoms with Crippen LogP contribution < -0.4 is 10.6 Å². The highest BCUT2D eigenvalue weighted by Gasteiger charge is 2.24. The van der Waals surface area contributed by atoms with Gasteiger partial charge in [0.05, 0.1) is 0 Å². The normalized spacial score (nSPS) is 13.4. The Morgan fingerprint density at radius 3 is 2.52 bits per heavy atom. The molecule has 0 aromatic heterocycles. The predicted octanol–water partition coefficient (Wildman–Crippen LogP) is 2.47. The Morgan fingerprint density at radius 2 is 1.87 bits per heavy atom. The standard InChI is InChI=1S/C17H22N2O4/c1-11-6-7-12(17(23)18-13-8-9-13)10-14(11)19-15(20)4-2-3-5-16(21)22/h6-7,10,13H,2-5,8-9H2,1H3,(H,18,23)(H,19,20)(H,21,22). The predicted molar refractivity (Wildman–Crippen MR) is 86.4 cm³/mol. The van der Waals surface area contributed by atoms with Gasteiger partial charge in [0.2, 0.25) is 5.91 Å². The molecule has 2 rings (SSSR count). The molecule has 2 amide bonds. The van der Waals surface area contributed by atoms with E-state index in [1.165, 1.54) is 0 Å². The fourth-order valence-electron chi connectivity index (χ4n) is 2.17. The van der Waals surface area contributed by atoms with Crippen LogP contribution in [0.3, 0.4) is 0 Å². The number of aryl methyl sites for hydroxylation is 1. The number of aliphatic carboxylic acids is 1. The van der Waals surface area contributed by atoms with Gasteiger partial charge in [-0.1, -0.05) is 6.07 Å². The zero-order chi connectivity index (χ0) is 16.8. The van der Waals surface area contributed by atoms with Crippen molar-refractivity contribution in [2.45, 2.75) is 51.5 Å². The molecule has 6 heteroatoms. The van der Waals surface area contributed by atoms with Crippen LogP contribution in [0.25, 0.3) is 0 Å². The molecule has 23 heavy (non-hydrogen) atoms. The van der Waals surface area contributed by atoms with E-state index in [1.54, 1.807) is 12.1 Å². The van der Waals surface area contributed by atoms with Gasteiger partial charge < -0.3 is 15.7 Å². The van der Waals surface area contributed by atoms with E-state index in [9.17, 15) is 14.4 Å². The van der Waals surface area contributed by atoms with E-state index in [0.717, 1.165) is 18.4 Å². The fourth-order valence-corrected chi connectivity index (χ4v) is 2.17. The number of carbonyl (C=O) groups excluding carboxylic acids is 2. The number of benzene rings is 1. The van der Waals surface area contributed by atoms with E-state index in [1.807, 2.05) is 13.0 Å². The first kappa shape index (κ1) is 17.0. The number of carbonyl (C=O) groups is 3.